The third-order valence-electron chi connectivity index (χ3n) is 3.07. The van der Waals surface area contributed by atoms with Gasteiger partial charge < -0.3 is 10.2 Å². The highest BCUT2D eigenvalue weighted by Gasteiger charge is 2.30. The SMILES string of the molecule is CNCCN(C)C(=O)C1CSc2ccccc21.Cl. The van der Waals surface area contributed by atoms with Crippen LogP contribution in [0.15, 0.2) is 29.2 Å². The van der Waals surface area contributed by atoms with Crippen molar-refractivity contribution in [2.24, 2.45) is 0 Å². The lowest BCUT2D eigenvalue weighted by Gasteiger charge is -2.21. The van der Waals surface area contributed by atoms with E-state index in [2.05, 4.69) is 17.4 Å². The molecular weight excluding hydrogens is 268 g/mol. The molecule has 3 nitrogen and oxygen atoms in total. The molecule has 0 radical (unpaired) electrons. The molecule has 1 heterocycles. The van der Waals surface area contributed by atoms with Crippen molar-refractivity contribution in [3.63, 3.8) is 0 Å². The van der Waals surface area contributed by atoms with Gasteiger partial charge in [-0.3, -0.25) is 4.79 Å². The molecule has 1 aliphatic rings. The van der Waals surface area contributed by atoms with Gasteiger partial charge in [0.15, 0.2) is 0 Å². The number of nitrogens with zero attached hydrogens (tertiary/aromatic N) is 1. The van der Waals surface area contributed by atoms with Gasteiger partial charge in [0.25, 0.3) is 0 Å². The highest BCUT2D eigenvalue weighted by Crippen LogP contribution is 2.39. The maximum absolute atomic E-state index is 12.3. The van der Waals surface area contributed by atoms with E-state index in [4.69, 9.17) is 0 Å². The molecule has 0 aliphatic carbocycles. The fourth-order valence-corrected chi connectivity index (χ4v) is 3.24. The lowest BCUT2D eigenvalue weighted by Crippen LogP contribution is -2.36. The Labute approximate surface area is 119 Å². The first-order valence-electron chi connectivity index (χ1n) is 5.85. The Morgan fingerprint density at radius 1 is 1.50 bits per heavy atom. The Bertz CT molecular complexity index is 414. The summed E-state index contributed by atoms with van der Waals surface area (Å²) in [5, 5.41) is 3.06. The summed E-state index contributed by atoms with van der Waals surface area (Å²) in [5.41, 5.74) is 1.19. The van der Waals surface area contributed by atoms with E-state index >= 15 is 0 Å². The molecular formula is C13H19ClN2OS. The Balaban J connectivity index is 0.00000162. The van der Waals surface area contributed by atoms with E-state index in [0.717, 1.165) is 18.8 Å². The molecule has 0 bridgehead atoms. The number of benzene rings is 1. The predicted octanol–water partition coefficient (Wildman–Crippen LogP) is 1.98. The minimum Gasteiger partial charge on any atom is -0.344 e. The summed E-state index contributed by atoms with van der Waals surface area (Å²) in [6.07, 6.45) is 0. The second-order valence-electron chi connectivity index (χ2n) is 4.26. The number of fused-ring (bicyclic) bond motifs is 1. The van der Waals surface area contributed by atoms with Crippen molar-refractivity contribution in [3.05, 3.63) is 29.8 Å². The van der Waals surface area contributed by atoms with E-state index in [1.54, 1.807) is 11.8 Å². The number of carbonyl (C=O) groups excluding carboxylic acids is 1. The Kier molecular flexibility index (Phi) is 5.99. The molecule has 0 spiro atoms. The highest BCUT2D eigenvalue weighted by atomic mass is 35.5. The summed E-state index contributed by atoms with van der Waals surface area (Å²) in [7, 11) is 3.78. The maximum atomic E-state index is 12.3. The van der Waals surface area contributed by atoms with E-state index in [9.17, 15) is 4.79 Å². The number of carbonyl (C=O) groups is 1. The van der Waals surface area contributed by atoms with Gasteiger partial charge >= 0.3 is 0 Å². The van der Waals surface area contributed by atoms with Crippen LogP contribution in [0, 0.1) is 0 Å². The highest BCUT2D eigenvalue weighted by molar-refractivity contribution is 7.99. The Morgan fingerprint density at radius 3 is 2.94 bits per heavy atom. The van der Waals surface area contributed by atoms with Gasteiger partial charge in [-0.15, -0.1) is 24.2 Å². The van der Waals surface area contributed by atoms with Crippen LogP contribution in [0.1, 0.15) is 11.5 Å². The lowest BCUT2D eigenvalue weighted by atomic mass is 10.00. The normalized spacial score (nSPS) is 16.9. The molecule has 1 atom stereocenters. The first-order chi connectivity index (χ1) is 8.24. The number of hydrogen-bond acceptors (Lipinski definition) is 3. The summed E-state index contributed by atoms with van der Waals surface area (Å²) in [6.45, 7) is 1.60. The van der Waals surface area contributed by atoms with Crippen LogP contribution in [0.3, 0.4) is 0 Å². The summed E-state index contributed by atoms with van der Waals surface area (Å²) in [4.78, 5) is 15.4. The number of halogens is 1. The standard InChI is InChI=1S/C13H18N2OS.ClH/c1-14-7-8-15(2)13(16)11-9-17-12-6-4-3-5-10(11)12;/h3-6,11,14H,7-9H2,1-2H3;1H. The summed E-state index contributed by atoms with van der Waals surface area (Å²) >= 11 is 1.78. The van der Waals surface area contributed by atoms with Crippen LogP contribution in [0.25, 0.3) is 0 Å². The predicted molar refractivity (Wildman–Crippen MR) is 78.7 cm³/mol. The molecule has 1 aromatic carbocycles. The smallest absolute Gasteiger partial charge is 0.230 e. The van der Waals surface area contributed by atoms with Crippen LogP contribution >= 0.6 is 24.2 Å². The number of nitrogens with one attached hydrogen (secondary N) is 1. The molecule has 1 unspecified atom stereocenters. The maximum Gasteiger partial charge on any atom is 0.230 e. The number of thioether (sulfide) groups is 1. The fraction of sp³-hybridized carbons (Fsp3) is 0.462. The molecule has 2 rings (SSSR count). The minimum absolute atomic E-state index is 0. The van der Waals surface area contributed by atoms with E-state index in [0.29, 0.717) is 0 Å². The number of likely N-dealkylation sites (N-methyl/N-ethyl adjacent to an activating group) is 2. The zero-order valence-electron chi connectivity index (χ0n) is 10.7. The van der Waals surface area contributed by atoms with Crippen molar-refractivity contribution in [1.29, 1.82) is 0 Å². The fourth-order valence-electron chi connectivity index (χ4n) is 2.02. The van der Waals surface area contributed by atoms with Gasteiger partial charge in [0, 0.05) is 30.8 Å². The summed E-state index contributed by atoms with van der Waals surface area (Å²) in [6, 6.07) is 8.21. The van der Waals surface area contributed by atoms with Crippen LogP contribution in [0.2, 0.25) is 0 Å². The van der Waals surface area contributed by atoms with Crippen LogP contribution < -0.4 is 5.32 Å². The van der Waals surface area contributed by atoms with Gasteiger partial charge in [-0.1, -0.05) is 18.2 Å². The Morgan fingerprint density at radius 2 is 2.22 bits per heavy atom. The van der Waals surface area contributed by atoms with Gasteiger partial charge in [0.2, 0.25) is 5.91 Å². The van der Waals surface area contributed by atoms with E-state index in [1.165, 1.54) is 10.5 Å². The molecule has 100 valence electrons. The second kappa shape index (κ2) is 7.02. The molecule has 0 saturated carbocycles. The van der Waals surface area contributed by atoms with Gasteiger partial charge in [-0.05, 0) is 18.7 Å². The van der Waals surface area contributed by atoms with Crippen molar-refractivity contribution in [3.8, 4) is 0 Å². The monoisotopic (exact) mass is 286 g/mol. The summed E-state index contributed by atoms with van der Waals surface area (Å²) < 4.78 is 0. The van der Waals surface area contributed by atoms with Gasteiger partial charge in [-0.25, -0.2) is 0 Å². The number of amides is 1. The van der Waals surface area contributed by atoms with Crippen molar-refractivity contribution >= 4 is 30.1 Å². The van der Waals surface area contributed by atoms with Crippen LogP contribution in [0.4, 0.5) is 0 Å². The van der Waals surface area contributed by atoms with Crippen molar-refractivity contribution < 1.29 is 4.79 Å². The van der Waals surface area contributed by atoms with Gasteiger partial charge in [0.05, 0.1) is 5.92 Å². The zero-order chi connectivity index (χ0) is 12.3. The molecule has 1 aliphatic heterocycles. The van der Waals surface area contributed by atoms with Gasteiger partial charge in [-0.2, -0.15) is 0 Å². The third-order valence-corrected chi connectivity index (χ3v) is 4.25. The number of rotatable bonds is 4. The van der Waals surface area contributed by atoms with Crippen molar-refractivity contribution in [1.82, 2.24) is 10.2 Å². The topological polar surface area (TPSA) is 32.3 Å². The average Bonchev–Trinajstić information content (AvgIpc) is 2.78. The molecule has 0 fully saturated rings. The van der Waals surface area contributed by atoms with Crippen molar-refractivity contribution in [2.45, 2.75) is 10.8 Å². The lowest BCUT2D eigenvalue weighted by molar-refractivity contribution is -0.130. The quantitative estimate of drug-likeness (QED) is 0.919. The summed E-state index contributed by atoms with van der Waals surface area (Å²) in [5.74, 6) is 1.15. The van der Waals surface area contributed by atoms with E-state index < -0.39 is 0 Å². The first-order valence-corrected chi connectivity index (χ1v) is 6.84. The van der Waals surface area contributed by atoms with Crippen LogP contribution in [-0.2, 0) is 4.79 Å². The molecule has 1 amide bonds. The average molecular weight is 287 g/mol. The van der Waals surface area contributed by atoms with Crippen LogP contribution in [-0.4, -0.2) is 43.7 Å². The molecule has 1 N–H and O–H groups in total. The largest absolute Gasteiger partial charge is 0.344 e. The Hall–Kier alpha value is -0.710. The van der Waals surface area contributed by atoms with Crippen molar-refractivity contribution in [2.75, 3.05) is 32.9 Å². The zero-order valence-corrected chi connectivity index (χ0v) is 12.3. The molecule has 18 heavy (non-hydrogen) atoms. The molecule has 5 heteroatoms. The van der Waals surface area contributed by atoms with E-state index in [-0.39, 0.29) is 24.2 Å². The van der Waals surface area contributed by atoms with E-state index in [1.807, 2.05) is 31.1 Å². The first kappa shape index (κ1) is 15.3. The number of hydrogen-bond donors (Lipinski definition) is 1. The molecule has 0 aromatic heterocycles. The van der Waals surface area contributed by atoms with Crippen LogP contribution in [0.5, 0.6) is 0 Å². The minimum atomic E-state index is 0. The third kappa shape index (κ3) is 3.19. The van der Waals surface area contributed by atoms with Gasteiger partial charge in [0.1, 0.15) is 0 Å². The second-order valence-corrected chi connectivity index (χ2v) is 5.33. The molecule has 0 saturated heterocycles. The molecule has 1 aromatic rings.